The SMILES string of the molecule is COCCCN1CCOc2ccc(CO[C@H]3CNC[C@@H](OCC(O)COC)[C@@H]3c3ccc(OCCCC(C)OC)cc3)cc21. The summed E-state index contributed by atoms with van der Waals surface area (Å²) >= 11 is 0. The molecular weight excluding hydrogens is 564 g/mol. The lowest BCUT2D eigenvalue weighted by Gasteiger charge is -2.39. The zero-order valence-corrected chi connectivity index (χ0v) is 26.9. The molecule has 2 unspecified atom stereocenters. The number of aliphatic hydroxyl groups excluding tert-OH is 1. The second-order valence-corrected chi connectivity index (χ2v) is 11.6. The highest BCUT2D eigenvalue weighted by Gasteiger charge is 2.36. The molecule has 2 aliphatic rings. The van der Waals surface area contributed by atoms with Gasteiger partial charge in [-0.1, -0.05) is 18.2 Å². The molecule has 4 rings (SSSR count). The van der Waals surface area contributed by atoms with Crippen LogP contribution < -0.4 is 19.7 Å². The molecule has 10 nitrogen and oxygen atoms in total. The average Bonchev–Trinajstić information content (AvgIpc) is 3.05. The molecule has 2 heterocycles. The van der Waals surface area contributed by atoms with Crippen molar-refractivity contribution in [3.05, 3.63) is 53.6 Å². The Labute approximate surface area is 262 Å². The maximum absolute atomic E-state index is 10.3. The van der Waals surface area contributed by atoms with Gasteiger partial charge in [0.1, 0.15) is 24.2 Å². The Hall–Kier alpha value is -2.44. The van der Waals surface area contributed by atoms with Gasteiger partial charge in [-0.15, -0.1) is 0 Å². The fourth-order valence-corrected chi connectivity index (χ4v) is 5.80. The first-order valence-electron chi connectivity index (χ1n) is 15.9. The van der Waals surface area contributed by atoms with Crippen LogP contribution in [0, 0.1) is 0 Å². The molecule has 0 aromatic heterocycles. The Bertz CT molecular complexity index is 1090. The van der Waals surface area contributed by atoms with Crippen molar-refractivity contribution in [1.29, 1.82) is 0 Å². The third-order valence-corrected chi connectivity index (χ3v) is 8.27. The van der Waals surface area contributed by atoms with E-state index in [0.29, 0.717) is 32.9 Å². The fourth-order valence-electron chi connectivity index (χ4n) is 5.80. The molecule has 0 bridgehead atoms. The zero-order chi connectivity index (χ0) is 31.1. The topological polar surface area (TPSA) is 100 Å². The summed E-state index contributed by atoms with van der Waals surface area (Å²) in [6.45, 7) is 8.13. The quantitative estimate of drug-likeness (QED) is 0.227. The lowest BCUT2D eigenvalue weighted by atomic mass is 9.85. The van der Waals surface area contributed by atoms with Crippen molar-refractivity contribution in [2.45, 2.75) is 63.1 Å². The lowest BCUT2D eigenvalue weighted by Crippen LogP contribution is -2.51. The first-order valence-corrected chi connectivity index (χ1v) is 15.9. The number of benzene rings is 2. The molecule has 246 valence electrons. The van der Waals surface area contributed by atoms with Gasteiger partial charge in [0.05, 0.1) is 57.0 Å². The molecule has 44 heavy (non-hydrogen) atoms. The number of fused-ring (bicyclic) bond motifs is 1. The molecule has 0 spiro atoms. The molecule has 0 amide bonds. The van der Waals surface area contributed by atoms with E-state index in [2.05, 4.69) is 41.4 Å². The van der Waals surface area contributed by atoms with E-state index < -0.39 is 6.10 Å². The van der Waals surface area contributed by atoms with E-state index in [1.165, 1.54) is 0 Å². The Morgan fingerprint density at radius 2 is 1.75 bits per heavy atom. The molecule has 10 heteroatoms. The summed E-state index contributed by atoms with van der Waals surface area (Å²) in [6, 6.07) is 14.6. The minimum absolute atomic E-state index is 0.0332. The molecule has 2 aromatic rings. The van der Waals surface area contributed by atoms with Crippen LogP contribution in [0.1, 0.15) is 43.2 Å². The maximum Gasteiger partial charge on any atom is 0.142 e. The molecule has 2 N–H and O–H groups in total. The summed E-state index contributed by atoms with van der Waals surface area (Å²) < 4.78 is 40.5. The normalized spacial score (nSPS) is 21.4. The molecule has 0 saturated carbocycles. The summed E-state index contributed by atoms with van der Waals surface area (Å²) in [4.78, 5) is 2.36. The lowest BCUT2D eigenvalue weighted by molar-refractivity contribution is -0.0856. The Balaban J connectivity index is 1.44. The number of aliphatic hydroxyl groups is 1. The highest BCUT2D eigenvalue weighted by molar-refractivity contribution is 5.61. The highest BCUT2D eigenvalue weighted by atomic mass is 16.5. The molecule has 0 radical (unpaired) electrons. The van der Waals surface area contributed by atoms with Crippen molar-refractivity contribution in [2.24, 2.45) is 0 Å². The van der Waals surface area contributed by atoms with Gasteiger partial charge in [-0.2, -0.15) is 0 Å². The van der Waals surface area contributed by atoms with Crippen LogP contribution in [0.2, 0.25) is 0 Å². The number of methoxy groups -OCH3 is 3. The second-order valence-electron chi connectivity index (χ2n) is 11.6. The number of nitrogens with one attached hydrogen (secondary N) is 1. The molecule has 5 atom stereocenters. The first kappa shape index (κ1) is 34.4. The third kappa shape index (κ3) is 10.3. The largest absolute Gasteiger partial charge is 0.494 e. The van der Waals surface area contributed by atoms with Crippen LogP contribution in [-0.4, -0.2) is 110 Å². The number of rotatable bonds is 19. The van der Waals surface area contributed by atoms with Gasteiger partial charge in [0, 0.05) is 53.5 Å². The van der Waals surface area contributed by atoms with Gasteiger partial charge in [-0.3, -0.25) is 0 Å². The van der Waals surface area contributed by atoms with Crippen molar-refractivity contribution in [3.63, 3.8) is 0 Å². The van der Waals surface area contributed by atoms with Crippen LogP contribution in [0.5, 0.6) is 11.5 Å². The highest BCUT2D eigenvalue weighted by Crippen LogP contribution is 2.35. The third-order valence-electron chi connectivity index (χ3n) is 8.27. The number of hydrogen-bond donors (Lipinski definition) is 2. The van der Waals surface area contributed by atoms with Crippen molar-refractivity contribution < 1.29 is 38.3 Å². The molecule has 0 aliphatic carbocycles. The molecule has 1 fully saturated rings. The number of piperidine rings is 1. The summed E-state index contributed by atoms with van der Waals surface area (Å²) in [6.07, 6.45) is 2.06. The van der Waals surface area contributed by atoms with Gasteiger partial charge in [0.2, 0.25) is 0 Å². The second kappa shape index (κ2) is 18.5. The average molecular weight is 617 g/mol. The zero-order valence-electron chi connectivity index (χ0n) is 26.9. The summed E-state index contributed by atoms with van der Waals surface area (Å²) in [5, 5.41) is 13.8. The van der Waals surface area contributed by atoms with Gasteiger partial charge in [0.15, 0.2) is 0 Å². The van der Waals surface area contributed by atoms with E-state index in [1.54, 1.807) is 21.3 Å². The van der Waals surface area contributed by atoms with E-state index in [1.807, 2.05) is 18.2 Å². The van der Waals surface area contributed by atoms with Crippen molar-refractivity contribution in [3.8, 4) is 11.5 Å². The number of ether oxygens (including phenoxy) is 7. The summed E-state index contributed by atoms with van der Waals surface area (Å²) in [5.74, 6) is 1.71. The predicted octanol–water partition coefficient (Wildman–Crippen LogP) is 3.78. The Morgan fingerprint density at radius 3 is 2.50 bits per heavy atom. The fraction of sp³-hybridized carbons (Fsp3) is 0.647. The predicted molar refractivity (Wildman–Crippen MR) is 170 cm³/mol. The van der Waals surface area contributed by atoms with Crippen molar-refractivity contribution in [2.75, 3.05) is 85.4 Å². The minimum atomic E-state index is -0.692. The van der Waals surface area contributed by atoms with E-state index in [4.69, 9.17) is 33.2 Å². The summed E-state index contributed by atoms with van der Waals surface area (Å²) in [5.41, 5.74) is 3.31. The van der Waals surface area contributed by atoms with Crippen LogP contribution in [0.25, 0.3) is 0 Å². The maximum atomic E-state index is 10.3. The van der Waals surface area contributed by atoms with Crippen LogP contribution in [0.4, 0.5) is 5.69 Å². The van der Waals surface area contributed by atoms with E-state index in [0.717, 1.165) is 67.3 Å². The minimum Gasteiger partial charge on any atom is -0.494 e. The monoisotopic (exact) mass is 616 g/mol. The molecular formula is C34H52N2O8. The van der Waals surface area contributed by atoms with Crippen LogP contribution in [0.15, 0.2) is 42.5 Å². The van der Waals surface area contributed by atoms with E-state index in [9.17, 15) is 5.11 Å². The van der Waals surface area contributed by atoms with Gasteiger partial charge in [-0.05, 0) is 61.6 Å². The van der Waals surface area contributed by atoms with E-state index in [-0.39, 0.29) is 37.4 Å². The number of hydrogen-bond acceptors (Lipinski definition) is 10. The van der Waals surface area contributed by atoms with Gasteiger partial charge in [0.25, 0.3) is 0 Å². The van der Waals surface area contributed by atoms with Crippen LogP contribution in [0.3, 0.4) is 0 Å². The Kier molecular flexibility index (Phi) is 14.5. The van der Waals surface area contributed by atoms with Gasteiger partial charge in [-0.25, -0.2) is 0 Å². The van der Waals surface area contributed by atoms with Crippen LogP contribution in [-0.2, 0) is 30.3 Å². The van der Waals surface area contributed by atoms with Crippen molar-refractivity contribution in [1.82, 2.24) is 5.32 Å². The smallest absolute Gasteiger partial charge is 0.142 e. The van der Waals surface area contributed by atoms with E-state index >= 15 is 0 Å². The molecule has 2 aromatic carbocycles. The molecule has 2 aliphatic heterocycles. The molecule has 1 saturated heterocycles. The number of anilines is 1. The Morgan fingerprint density at radius 1 is 0.955 bits per heavy atom. The standard InChI is InChI=1S/C34H52N2O8/c1-25(40-4)7-5-17-41-29-11-9-27(10-12-29)34-32(20-35-21-33(34)44-24-28(37)23-39-3)43-22-26-8-13-31-30(19-26)36(15-18-42-31)14-6-16-38-2/h8-13,19,25,28,32-35,37H,5-7,14-18,20-24H2,1-4H3/t25?,28?,32-,33+,34+/m0/s1. The van der Waals surface area contributed by atoms with Gasteiger partial charge < -0.3 is 48.5 Å². The van der Waals surface area contributed by atoms with Crippen LogP contribution >= 0.6 is 0 Å². The van der Waals surface area contributed by atoms with Gasteiger partial charge >= 0.3 is 0 Å². The number of nitrogens with zero attached hydrogens (tertiary/aromatic N) is 1. The first-order chi connectivity index (χ1) is 21.5. The summed E-state index contributed by atoms with van der Waals surface area (Å²) in [7, 11) is 5.05. The van der Waals surface area contributed by atoms with Crippen molar-refractivity contribution >= 4 is 5.69 Å².